The molecular formula is C23H26N2O6. The Morgan fingerprint density at radius 2 is 1.61 bits per heavy atom. The highest BCUT2D eigenvalue weighted by Crippen LogP contribution is 2.44. The van der Waals surface area contributed by atoms with E-state index in [-0.39, 0.29) is 18.9 Å². The summed E-state index contributed by atoms with van der Waals surface area (Å²) >= 11 is 0. The van der Waals surface area contributed by atoms with Crippen molar-refractivity contribution in [3.05, 3.63) is 59.7 Å². The summed E-state index contributed by atoms with van der Waals surface area (Å²) in [7, 11) is 0. The van der Waals surface area contributed by atoms with Crippen molar-refractivity contribution < 1.29 is 29.3 Å². The highest BCUT2D eigenvalue weighted by molar-refractivity contribution is 5.87. The van der Waals surface area contributed by atoms with Crippen LogP contribution in [0.15, 0.2) is 48.5 Å². The number of nitrogens with one attached hydrogen (secondary N) is 2. The van der Waals surface area contributed by atoms with Crippen molar-refractivity contribution >= 4 is 18.0 Å². The van der Waals surface area contributed by atoms with Crippen LogP contribution in [-0.2, 0) is 14.3 Å². The Balaban J connectivity index is 1.55. The first-order valence-corrected chi connectivity index (χ1v) is 10.0. The van der Waals surface area contributed by atoms with E-state index < -0.39 is 36.2 Å². The number of amides is 2. The van der Waals surface area contributed by atoms with E-state index in [1.165, 1.54) is 6.92 Å². The molecule has 0 saturated carbocycles. The minimum atomic E-state index is -1.78. The van der Waals surface area contributed by atoms with Crippen LogP contribution >= 0.6 is 0 Å². The first-order chi connectivity index (χ1) is 14.7. The van der Waals surface area contributed by atoms with Gasteiger partial charge < -0.3 is 25.6 Å². The van der Waals surface area contributed by atoms with Gasteiger partial charge in [0.25, 0.3) is 0 Å². The molecule has 0 aromatic heterocycles. The Morgan fingerprint density at radius 3 is 2.13 bits per heavy atom. The van der Waals surface area contributed by atoms with Gasteiger partial charge in [0.15, 0.2) is 5.54 Å². The van der Waals surface area contributed by atoms with Gasteiger partial charge in [-0.15, -0.1) is 0 Å². The van der Waals surface area contributed by atoms with E-state index in [0.29, 0.717) is 0 Å². The van der Waals surface area contributed by atoms with Crippen LogP contribution in [0.5, 0.6) is 0 Å². The fourth-order valence-corrected chi connectivity index (χ4v) is 3.69. The Labute approximate surface area is 180 Å². The van der Waals surface area contributed by atoms with Gasteiger partial charge in [0.2, 0.25) is 5.91 Å². The second-order valence-electron chi connectivity index (χ2n) is 7.92. The summed E-state index contributed by atoms with van der Waals surface area (Å²) in [6.07, 6.45) is -0.821. The number of ether oxygens (including phenoxy) is 1. The molecule has 1 aliphatic rings. The molecular weight excluding hydrogens is 400 g/mol. The van der Waals surface area contributed by atoms with Gasteiger partial charge >= 0.3 is 12.1 Å². The highest BCUT2D eigenvalue weighted by atomic mass is 16.5. The molecule has 0 radical (unpaired) electrons. The van der Waals surface area contributed by atoms with E-state index in [4.69, 9.17) is 9.84 Å². The summed E-state index contributed by atoms with van der Waals surface area (Å²) < 4.78 is 5.44. The van der Waals surface area contributed by atoms with Crippen LogP contribution in [0.3, 0.4) is 0 Å². The fraction of sp³-hybridized carbons (Fsp3) is 0.348. The van der Waals surface area contributed by atoms with Crippen molar-refractivity contribution in [3.63, 3.8) is 0 Å². The summed E-state index contributed by atoms with van der Waals surface area (Å²) in [5, 5.41) is 23.2. The Morgan fingerprint density at radius 1 is 1.06 bits per heavy atom. The zero-order valence-corrected chi connectivity index (χ0v) is 17.4. The van der Waals surface area contributed by atoms with Crippen LogP contribution < -0.4 is 10.6 Å². The Bertz CT molecular complexity index is 946. The maximum absolute atomic E-state index is 12.3. The molecule has 0 fully saturated rings. The van der Waals surface area contributed by atoms with Gasteiger partial charge in [0.05, 0.1) is 6.61 Å². The number of hydrogen-bond donors (Lipinski definition) is 4. The van der Waals surface area contributed by atoms with Crippen molar-refractivity contribution in [2.24, 2.45) is 0 Å². The van der Waals surface area contributed by atoms with E-state index in [9.17, 15) is 19.5 Å². The lowest BCUT2D eigenvalue weighted by Crippen LogP contribution is -2.55. The number of carboxylic acid groups (broad SMARTS) is 1. The summed E-state index contributed by atoms with van der Waals surface area (Å²) in [4.78, 5) is 35.5. The van der Waals surface area contributed by atoms with Gasteiger partial charge in [-0.1, -0.05) is 48.5 Å². The second-order valence-corrected chi connectivity index (χ2v) is 7.92. The summed E-state index contributed by atoms with van der Waals surface area (Å²) in [5.74, 6) is -2.02. The van der Waals surface area contributed by atoms with Crippen molar-refractivity contribution in [3.8, 4) is 11.1 Å². The van der Waals surface area contributed by atoms with Crippen molar-refractivity contribution in [2.45, 2.75) is 37.8 Å². The van der Waals surface area contributed by atoms with Gasteiger partial charge in [-0.25, -0.2) is 9.59 Å². The number of alkyl carbamates (subject to hydrolysis) is 1. The lowest BCUT2D eigenvalue weighted by atomic mass is 9.98. The second kappa shape index (κ2) is 9.18. The third kappa shape index (κ3) is 4.86. The van der Waals surface area contributed by atoms with E-state index in [0.717, 1.165) is 22.3 Å². The molecule has 0 bridgehead atoms. The maximum atomic E-state index is 12.3. The molecule has 0 saturated heterocycles. The van der Waals surface area contributed by atoms with Crippen molar-refractivity contribution in [1.29, 1.82) is 0 Å². The number of aliphatic hydroxyl groups is 1. The monoisotopic (exact) mass is 426 g/mol. The maximum Gasteiger partial charge on any atom is 0.407 e. The molecule has 2 aromatic carbocycles. The van der Waals surface area contributed by atoms with Gasteiger partial charge in [-0.3, -0.25) is 4.79 Å². The third-order valence-electron chi connectivity index (χ3n) is 5.40. The number of carbonyl (C=O) groups excluding carboxylic acids is 2. The van der Waals surface area contributed by atoms with Gasteiger partial charge in [0, 0.05) is 18.4 Å². The normalized spacial score (nSPS) is 15.2. The summed E-state index contributed by atoms with van der Waals surface area (Å²) in [6, 6.07) is 15.4. The predicted octanol–water partition coefficient (Wildman–Crippen LogP) is 2.26. The average molecular weight is 426 g/mol. The number of carboxylic acids is 1. The molecule has 0 aliphatic heterocycles. The van der Waals surface area contributed by atoms with Crippen LogP contribution in [0, 0.1) is 0 Å². The molecule has 2 amide bonds. The van der Waals surface area contributed by atoms with Crippen LogP contribution in [0.4, 0.5) is 4.79 Å². The molecule has 0 spiro atoms. The first kappa shape index (κ1) is 22.3. The average Bonchev–Trinajstić information content (AvgIpc) is 3.05. The molecule has 3 rings (SSSR count). The molecule has 164 valence electrons. The fourth-order valence-electron chi connectivity index (χ4n) is 3.69. The number of hydrogen-bond acceptors (Lipinski definition) is 5. The zero-order valence-electron chi connectivity index (χ0n) is 17.4. The van der Waals surface area contributed by atoms with Crippen molar-refractivity contribution in [2.75, 3.05) is 13.2 Å². The number of benzene rings is 2. The molecule has 0 heterocycles. The standard InChI is InChI=1S/C23H26N2O6/c1-14(11-20(27)25-23(2,13-26)21(28)29)24-22(30)31-12-19-17-9-5-3-7-15(17)16-8-4-6-10-18(16)19/h3-10,14,19,26H,11-13H2,1-2H3,(H,24,30)(H,25,27)(H,28,29)/t14-,23?/m1/s1. The number of rotatable bonds is 8. The van der Waals surface area contributed by atoms with E-state index in [1.807, 2.05) is 48.5 Å². The number of aliphatic hydroxyl groups excluding tert-OH is 1. The summed E-state index contributed by atoms with van der Waals surface area (Å²) in [6.45, 7) is 2.22. The molecule has 4 N–H and O–H groups in total. The predicted molar refractivity (Wildman–Crippen MR) is 114 cm³/mol. The van der Waals surface area contributed by atoms with Crippen LogP contribution in [0.25, 0.3) is 11.1 Å². The van der Waals surface area contributed by atoms with Crippen molar-refractivity contribution in [1.82, 2.24) is 10.6 Å². The highest BCUT2D eigenvalue weighted by Gasteiger charge is 2.34. The smallest absolute Gasteiger partial charge is 0.407 e. The lowest BCUT2D eigenvalue weighted by molar-refractivity contribution is -0.148. The number of fused-ring (bicyclic) bond motifs is 3. The van der Waals surface area contributed by atoms with Gasteiger partial charge in [-0.2, -0.15) is 0 Å². The molecule has 2 atom stereocenters. The summed E-state index contributed by atoms with van der Waals surface area (Å²) in [5.41, 5.74) is 2.67. The van der Waals surface area contributed by atoms with Crippen LogP contribution in [0.1, 0.15) is 37.3 Å². The van der Waals surface area contributed by atoms with Gasteiger partial charge in [-0.05, 0) is 36.1 Å². The molecule has 8 nitrogen and oxygen atoms in total. The molecule has 1 unspecified atom stereocenters. The molecule has 2 aromatic rings. The molecule has 1 aliphatic carbocycles. The first-order valence-electron chi connectivity index (χ1n) is 10.0. The van der Waals surface area contributed by atoms with Gasteiger partial charge in [0.1, 0.15) is 6.61 Å². The number of aliphatic carboxylic acids is 1. The SMILES string of the molecule is C[C@H](CC(=O)NC(C)(CO)C(=O)O)NC(=O)OCC1c2ccccc2-c2ccccc21. The quantitative estimate of drug-likeness (QED) is 0.513. The largest absolute Gasteiger partial charge is 0.479 e. The Kier molecular flexibility index (Phi) is 6.60. The third-order valence-corrected chi connectivity index (χ3v) is 5.40. The minimum Gasteiger partial charge on any atom is -0.479 e. The topological polar surface area (TPSA) is 125 Å². The van der Waals surface area contributed by atoms with Crippen LogP contribution in [0.2, 0.25) is 0 Å². The number of carbonyl (C=O) groups is 3. The molecule has 31 heavy (non-hydrogen) atoms. The van der Waals surface area contributed by atoms with Crippen LogP contribution in [-0.4, -0.2) is 53.0 Å². The van der Waals surface area contributed by atoms with E-state index in [2.05, 4.69) is 10.6 Å². The minimum absolute atomic E-state index is 0.0717. The van der Waals surface area contributed by atoms with E-state index in [1.54, 1.807) is 6.92 Å². The molecule has 8 heteroatoms. The van der Waals surface area contributed by atoms with E-state index >= 15 is 0 Å². The zero-order chi connectivity index (χ0) is 22.6. The lowest BCUT2D eigenvalue weighted by Gasteiger charge is -2.24. The Hall–Kier alpha value is -3.39.